The van der Waals surface area contributed by atoms with Gasteiger partial charge in [-0.2, -0.15) is 0 Å². The van der Waals surface area contributed by atoms with Gasteiger partial charge in [0.1, 0.15) is 0 Å². The fourth-order valence-corrected chi connectivity index (χ4v) is 5.42. The molecule has 0 saturated heterocycles. The molecule has 2 aromatic carbocycles. The Labute approximate surface area is 263 Å². The van der Waals surface area contributed by atoms with Gasteiger partial charge in [-0.3, -0.25) is 0 Å². The summed E-state index contributed by atoms with van der Waals surface area (Å²) in [5.74, 6) is 5.40. The number of terminal acetylenes is 2. The number of hydrogen-bond donors (Lipinski definition) is 0. The summed E-state index contributed by atoms with van der Waals surface area (Å²) in [7, 11) is 0. The van der Waals surface area contributed by atoms with Crippen molar-refractivity contribution in [3.8, 4) is 46.9 Å². The predicted octanol–water partition coefficient (Wildman–Crippen LogP) is 7.82. The molecule has 0 radical (unpaired) electrons. The van der Waals surface area contributed by atoms with E-state index < -0.39 is 0 Å². The summed E-state index contributed by atoms with van der Waals surface area (Å²) in [6.45, 7) is 4.11. The standard InChI is InChI=1S/C38H24N4.Zn/c1-5-25-7-11-27(12-8-25)37-33-19-15-29(39-33)23(3)31-17-21-35(41-31)38(28-13-9-26(6-2)10-14-28)36-22-18-32(42-36)24(4)30-16-20-34(37)40-30;/h1-2,7-22H,3-4H3;/q-2;+2. The van der Waals surface area contributed by atoms with Gasteiger partial charge in [0.05, 0.1) is 22.8 Å². The summed E-state index contributed by atoms with van der Waals surface area (Å²) >= 11 is 0. The largest absolute Gasteiger partial charge is 2.00 e. The maximum atomic E-state index is 5.62. The van der Waals surface area contributed by atoms with Crippen LogP contribution >= 0.6 is 0 Å². The van der Waals surface area contributed by atoms with Crippen LogP contribution in [0.1, 0.15) is 45.0 Å². The molecule has 7 rings (SSSR count). The van der Waals surface area contributed by atoms with Gasteiger partial charge in [-0.25, -0.2) is 9.97 Å². The van der Waals surface area contributed by atoms with Crippen LogP contribution in [-0.2, 0) is 19.5 Å². The second-order valence-corrected chi connectivity index (χ2v) is 10.3. The van der Waals surface area contributed by atoms with Crippen LogP contribution in [0.25, 0.3) is 68.6 Å². The summed E-state index contributed by atoms with van der Waals surface area (Å²) < 4.78 is 0. The Morgan fingerprint density at radius 1 is 0.488 bits per heavy atom. The van der Waals surface area contributed by atoms with Crippen LogP contribution in [0.2, 0.25) is 0 Å². The maximum absolute atomic E-state index is 5.62. The molecule has 0 unspecified atom stereocenters. The number of benzene rings is 2. The molecule has 4 nitrogen and oxygen atoms in total. The van der Waals surface area contributed by atoms with Crippen molar-refractivity contribution in [2.75, 3.05) is 0 Å². The van der Waals surface area contributed by atoms with Gasteiger partial charge in [-0.1, -0.05) is 60.4 Å². The number of fused-ring (bicyclic) bond motifs is 8. The molecule has 5 aromatic rings. The van der Waals surface area contributed by atoms with Gasteiger partial charge in [0.2, 0.25) is 0 Å². The Hall–Kier alpha value is -5.22. The van der Waals surface area contributed by atoms with Gasteiger partial charge in [-0.05, 0) is 95.8 Å². The van der Waals surface area contributed by atoms with Gasteiger partial charge < -0.3 is 9.97 Å². The van der Waals surface area contributed by atoms with Crippen LogP contribution in [0.15, 0.2) is 72.8 Å². The first-order valence-corrected chi connectivity index (χ1v) is 13.7. The fourth-order valence-electron chi connectivity index (χ4n) is 5.42. The quantitative estimate of drug-likeness (QED) is 0.150. The van der Waals surface area contributed by atoms with Crippen molar-refractivity contribution in [2.24, 2.45) is 0 Å². The van der Waals surface area contributed by atoms with E-state index in [2.05, 4.69) is 25.7 Å². The summed E-state index contributed by atoms with van der Waals surface area (Å²) in [6.07, 6.45) is 19.4. The Balaban J connectivity index is 0.00000329. The van der Waals surface area contributed by atoms with Gasteiger partial charge in [0, 0.05) is 11.1 Å². The zero-order valence-electron chi connectivity index (χ0n) is 23.9. The van der Waals surface area contributed by atoms with Crippen LogP contribution in [-0.4, -0.2) is 9.97 Å². The van der Waals surface area contributed by atoms with Crippen molar-refractivity contribution in [3.05, 3.63) is 118 Å². The SMILES string of the molecule is C#Cc1ccc(-c2c3nc(c(C)c4ccc([n-]4)c(-c4ccc(C#C)cc4)c4nc(c(C)c5ccc2[n-]5)C=C4)C=C3)cc1.[Zn+2]. The minimum atomic E-state index is 0. The molecule has 2 aliphatic heterocycles. The topological polar surface area (TPSA) is 54.0 Å². The molecule has 0 spiro atoms. The maximum Gasteiger partial charge on any atom is 2.00 e. The molecule has 5 heterocycles. The first kappa shape index (κ1) is 27.9. The molecule has 0 amide bonds. The smallest absolute Gasteiger partial charge is 0.657 e. The molecule has 43 heavy (non-hydrogen) atoms. The molecule has 198 valence electrons. The van der Waals surface area contributed by atoms with Crippen LogP contribution in [0, 0.1) is 38.5 Å². The van der Waals surface area contributed by atoms with E-state index in [1.165, 1.54) is 0 Å². The monoisotopic (exact) mass is 600 g/mol. The van der Waals surface area contributed by atoms with Crippen LogP contribution in [0.3, 0.4) is 0 Å². The average Bonchev–Trinajstić information content (AvgIpc) is 3.85. The molecule has 3 aromatic heterocycles. The normalized spacial score (nSPS) is 11.5. The second kappa shape index (κ2) is 11.2. The molecular weight excluding hydrogens is 578 g/mol. The number of aromatic nitrogens is 4. The number of hydrogen-bond acceptors (Lipinski definition) is 2. The zero-order chi connectivity index (χ0) is 28.8. The van der Waals surface area contributed by atoms with Crippen molar-refractivity contribution in [2.45, 2.75) is 13.8 Å². The third-order valence-corrected chi connectivity index (χ3v) is 7.80. The van der Waals surface area contributed by atoms with Crippen molar-refractivity contribution >= 4 is 46.4 Å². The van der Waals surface area contributed by atoms with E-state index in [-0.39, 0.29) is 19.5 Å². The van der Waals surface area contributed by atoms with E-state index in [4.69, 9.17) is 32.8 Å². The van der Waals surface area contributed by atoms with Gasteiger partial charge in [-0.15, -0.1) is 34.9 Å². The Morgan fingerprint density at radius 2 is 0.837 bits per heavy atom. The molecule has 0 fully saturated rings. The second-order valence-electron chi connectivity index (χ2n) is 10.3. The van der Waals surface area contributed by atoms with Crippen molar-refractivity contribution in [1.29, 1.82) is 0 Å². The Kier molecular flexibility index (Phi) is 7.29. The third-order valence-electron chi connectivity index (χ3n) is 7.80. The molecule has 0 aliphatic carbocycles. The minimum absolute atomic E-state index is 0. The molecule has 0 saturated carbocycles. The number of nitrogens with zero attached hydrogens (tertiary/aromatic N) is 4. The van der Waals surface area contributed by atoms with Crippen LogP contribution in [0.5, 0.6) is 0 Å². The van der Waals surface area contributed by atoms with Crippen molar-refractivity contribution < 1.29 is 19.5 Å². The Morgan fingerprint density at radius 3 is 1.21 bits per heavy atom. The van der Waals surface area contributed by atoms with E-state index in [1.807, 2.05) is 97.1 Å². The number of aryl methyl sites for hydroxylation is 2. The summed E-state index contributed by atoms with van der Waals surface area (Å²) in [4.78, 5) is 20.3. The molecule has 5 heteroatoms. The van der Waals surface area contributed by atoms with Gasteiger partial charge in [0.25, 0.3) is 0 Å². The number of rotatable bonds is 2. The van der Waals surface area contributed by atoms with E-state index in [1.54, 1.807) is 0 Å². The zero-order valence-corrected chi connectivity index (χ0v) is 26.9. The van der Waals surface area contributed by atoms with Crippen LogP contribution in [0.4, 0.5) is 0 Å². The molecular formula is C38H24N4Zn. The average molecular weight is 602 g/mol. The third kappa shape index (κ3) is 4.95. The predicted molar refractivity (Wildman–Crippen MR) is 173 cm³/mol. The molecule has 8 bridgehead atoms. The summed E-state index contributed by atoms with van der Waals surface area (Å²) in [6, 6.07) is 24.1. The minimum Gasteiger partial charge on any atom is -0.657 e. The van der Waals surface area contributed by atoms with Crippen molar-refractivity contribution in [1.82, 2.24) is 19.9 Å². The summed E-state index contributed by atoms with van der Waals surface area (Å²) in [5.41, 5.74) is 14.3. The summed E-state index contributed by atoms with van der Waals surface area (Å²) in [5, 5.41) is 0. The van der Waals surface area contributed by atoms with E-state index >= 15 is 0 Å². The molecule has 0 atom stereocenters. The molecule has 0 N–H and O–H groups in total. The van der Waals surface area contributed by atoms with Gasteiger partial charge >= 0.3 is 19.5 Å². The van der Waals surface area contributed by atoms with Crippen LogP contribution < -0.4 is 9.97 Å². The first-order chi connectivity index (χ1) is 20.5. The fraction of sp³-hybridized carbons (Fsp3) is 0.0526. The first-order valence-electron chi connectivity index (χ1n) is 13.7. The van der Waals surface area contributed by atoms with Gasteiger partial charge in [0.15, 0.2) is 0 Å². The van der Waals surface area contributed by atoms with E-state index in [0.717, 1.165) is 89.4 Å². The van der Waals surface area contributed by atoms with Crippen molar-refractivity contribution in [3.63, 3.8) is 0 Å². The van der Waals surface area contributed by atoms with E-state index in [0.29, 0.717) is 0 Å². The van der Waals surface area contributed by atoms with E-state index in [9.17, 15) is 0 Å². The Bertz CT molecular complexity index is 2050. The molecule has 2 aliphatic rings.